The summed E-state index contributed by atoms with van der Waals surface area (Å²) >= 11 is 0. The Kier molecular flexibility index (Phi) is 8.90. The average molecular weight is 358 g/mol. The number of ether oxygens (including phenoxy) is 1. The molecule has 1 rings (SSSR count). The minimum Gasteiger partial charge on any atom is -0.442 e. The molecule has 0 bridgehead atoms. The fraction of sp³-hybridized carbons (Fsp3) is 0.467. The molecule has 0 aliphatic carbocycles. The van der Waals surface area contributed by atoms with Crippen LogP contribution in [0.3, 0.4) is 0 Å². The molecule has 0 saturated carbocycles. The minimum atomic E-state index is -0.722. The smallest absolute Gasteiger partial charge is 0.431 e. The van der Waals surface area contributed by atoms with Crippen LogP contribution in [0.15, 0.2) is 35.2 Å². The Labute approximate surface area is 144 Å². The Morgan fingerprint density at radius 1 is 1.17 bits per heavy atom. The maximum absolute atomic E-state index is 11.5. The van der Waals surface area contributed by atoms with Gasteiger partial charge < -0.3 is 10.1 Å². The van der Waals surface area contributed by atoms with Crippen molar-refractivity contribution in [2.75, 3.05) is 18.9 Å². The van der Waals surface area contributed by atoms with Gasteiger partial charge in [0.05, 0.1) is 0 Å². The van der Waals surface area contributed by atoms with E-state index < -0.39 is 11.7 Å². The van der Waals surface area contributed by atoms with Crippen molar-refractivity contribution in [2.24, 2.45) is 0 Å². The molecule has 0 aromatic heterocycles. The molecule has 6 nitrogen and oxygen atoms in total. The first-order valence-electron chi connectivity index (χ1n) is 7.09. The van der Waals surface area contributed by atoms with E-state index in [0.29, 0.717) is 6.54 Å². The molecule has 0 atom stereocenters. The van der Waals surface area contributed by atoms with Gasteiger partial charge >= 0.3 is 6.09 Å². The van der Waals surface area contributed by atoms with Gasteiger partial charge in [0, 0.05) is 17.2 Å². The zero-order valence-corrected chi connectivity index (χ0v) is 15.1. The third kappa shape index (κ3) is 10.9. The number of benzene rings is 1. The summed E-state index contributed by atoms with van der Waals surface area (Å²) in [5.74, 6) is 0.469. The number of hydrogen-bond donors (Lipinski definition) is 2. The van der Waals surface area contributed by atoms with Crippen LogP contribution in [0.2, 0.25) is 0 Å². The molecule has 0 fully saturated rings. The number of rotatable bonds is 8. The Morgan fingerprint density at radius 3 is 2.52 bits per heavy atom. The fourth-order valence-electron chi connectivity index (χ4n) is 1.33. The molecule has 8 heteroatoms. The van der Waals surface area contributed by atoms with E-state index >= 15 is 0 Å². The number of carbonyl (C=O) groups excluding carboxylic acids is 2. The fourth-order valence-corrected chi connectivity index (χ4v) is 3.24. The summed E-state index contributed by atoms with van der Waals surface area (Å²) in [4.78, 5) is 28.7. The molecule has 23 heavy (non-hydrogen) atoms. The molecule has 0 radical (unpaired) electrons. The first kappa shape index (κ1) is 19.7. The molecule has 2 amide bonds. The highest BCUT2D eigenvalue weighted by molar-refractivity contribution is 8.76. The van der Waals surface area contributed by atoms with E-state index in [1.807, 2.05) is 30.3 Å². The molecule has 0 spiro atoms. The summed E-state index contributed by atoms with van der Waals surface area (Å²) in [6.07, 6.45) is -0.722. The van der Waals surface area contributed by atoms with Crippen LogP contribution in [0.25, 0.3) is 0 Å². The second kappa shape index (κ2) is 10.4. The lowest BCUT2D eigenvalue weighted by molar-refractivity contribution is -0.127. The standard InChI is InChI=1S/C15H22N2O4S2/c1-15(2,3)21-14(19)17-20-11-13(18)16-9-10-22-23-12-7-5-4-6-8-12/h4-8H,9-11H2,1-3H3,(H,16,18)(H,17,19). The Bertz CT molecular complexity index is 492. The van der Waals surface area contributed by atoms with Crippen LogP contribution in [0, 0.1) is 0 Å². The number of hydrogen-bond acceptors (Lipinski definition) is 6. The summed E-state index contributed by atoms with van der Waals surface area (Å²) in [5, 5.41) is 2.70. The summed E-state index contributed by atoms with van der Waals surface area (Å²) in [6, 6.07) is 10.0. The number of nitrogens with one attached hydrogen (secondary N) is 2. The van der Waals surface area contributed by atoms with Crippen molar-refractivity contribution < 1.29 is 19.2 Å². The average Bonchev–Trinajstić information content (AvgIpc) is 2.46. The molecule has 1 aromatic rings. The lowest BCUT2D eigenvalue weighted by atomic mass is 10.2. The molecule has 0 saturated heterocycles. The van der Waals surface area contributed by atoms with Crippen molar-refractivity contribution in [2.45, 2.75) is 31.3 Å². The molecule has 0 unspecified atom stereocenters. The summed E-state index contributed by atoms with van der Waals surface area (Å²) < 4.78 is 4.96. The number of amides is 2. The van der Waals surface area contributed by atoms with E-state index in [1.54, 1.807) is 42.4 Å². The second-order valence-electron chi connectivity index (χ2n) is 5.46. The van der Waals surface area contributed by atoms with Crippen molar-refractivity contribution in [3.8, 4) is 0 Å². The normalized spacial score (nSPS) is 10.9. The first-order valence-corrected chi connectivity index (χ1v) is 9.41. The predicted molar refractivity (Wildman–Crippen MR) is 93.1 cm³/mol. The van der Waals surface area contributed by atoms with Gasteiger partial charge in [-0.25, -0.2) is 4.79 Å². The van der Waals surface area contributed by atoms with Crippen LogP contribution in [0.5, 0.6) is 0 Å². The Balaban J connectivity index is 2.01. The van der Waals surface area contributed by atoms with Gasteiger partial charge in [0.1, 0.15) is 5.60 Å². The SMILES string of the molecule is CC(C)(C)OC(=O)NOCC(=O)NCCSSc1ccccc1. The van der Waals surface area contributed by atoms with Gasteiger partial charge in [-0.3, -0.25) is 9.63 Å². The third-order valence-corrected chi connectivity index (χ3v) is 4.55. The second-order valence-corrected chi connectivity index (χ2v) is 7.95. The molecule has 128 valence electrons. The molecule has 2 N–H and O–H groups in total. The molecule has 0 heterocycles. The van der Waals surface area contributed by atoms with Gasteiger partial charge in [-0.1, -0.05) is 39.8 Å². The number of hydroxylamine groups is 1. The van der Waals surface area contributed by atoms with Gasteiger partial charge in [-0.05, 0) is 32.9 Å². The van der Waals surface area contributed by atoms with Crippen LogP contribution >= 0.6 is 21.6 Å². The first-order chi connectivity index (χ1) is 10.9. The van der Waals surface area contributed by atoms with Gasteiger partial charge in [0.15, 0.2) is 6.61 Å². The quantitative estimate of drug-likeness (QED) is 0.423. The zero-order chi connectivity index (χ0) is 17.1. The Hall–Kier alpha value is -1.38. The van der Waals surface area contributed by atoms with Crippen molar-refractivity contribution in [3.63, 3.8) is 0 Å². The number of carbonyl (C=O) groups is 2. The zero-order valence-electron chi connectivity index (χ0n) is 13.5. The minimum absolute atomic E-state index is 0.254. The summed E-state index contributed by atoms with van der Waals surface area (Å²) in [7, 11) is 3.31. The van der Waals surface area contributed by atoms with E-state index in [-0.39, 0.29) is 12.5 Å². The topological polar surface area (TPSA) is 76.7 Å². The lowest BCUT2D eigenvalue weighted by Gasteiger charge is -2.19. The van der Waals surface area contributed by atoms with Crippen molar-refractivity contribution in [3.05, 3.63) is 30.3 Å². The summed E-state index contributed by atoms with van der Waals surface area (Å²) in [6.45, 7) is 5.49. The van der Waals surface area contributed by atoms with Crippen molar-refractivity contribution in [1.82, 2.24) is 10.8 Å². The highest BCUT2D eigenvalue weighted by atomic mass is 33.1. The molecule has 1 aromatic carbocycles. The molecule has 0 aliphatic rings. The molecule has 0 aliphatic heterocycles. The van der Waals surface area contributed by atoms with Crippen LogP contribution in [-0.2, 0) is 14.4 Å². The predicted octanol–water partition coefficient (Wildman–Crippen LogP) is 3.00. The van der Waals surface area contributed by atoms with Gasteiger partial charge in [-0.15, -0.1) is 0 Å². The van der Waals surface area contributed by atoms with Crippen molar-refractivity contribution in [1.29, 1.82) is 0 Å². The molecular formula is C15H22N2O4S2. The highest BCUT2D eigenvalue weighted by Crippen LogP contribution is 2.29. The van der Waals surface area contributed by atoms with E-state index in [1.165, 1.54) is 4.90 Å². The van der Waals surface area contributed by atoms with E-state index in [9.17, 15) is 9.59 Å². The van der Waals surface area contributed by atoms with Crippen LogP contribution in [0.4, 0.5) is 4.79 Å². The van der Waals surface area contributed by atoms with E-state index in [4.69, 9.17) is 9.57 Å². The Morgan fingerprint density at radius 2 is 1.87 bits per heavy atom. The monoisotopic (exact) mass is 358 g/mol. The van der Waals surface area contributed by atoms with Crippen LogP contribution in [-0.4, -0.2) is 36.5 Å². The van der Waals surface area contributed by atoms with Gasteiger partial charge in [-0.2, -0.15) is 5.48 Å². The highest BCUT2D eigenvalue weighted by Gasteiger charge is 2.16. The maximum Gasteiger partial charge on any atom is 0.431 e. The van der Waals surface area contributed by atoms with Crippen molar-refractivity contribution >= 4 is 33.6 Å². The molecular weight excluding hydrogens is 336 g/mol. The van der Waals surface area contributed by atoms with Gasteiger partial charge in [0.25, 0.3) is 0 Å². The summed E-state index contributed by atoms with van der Waals surface area (Å²) in [5.41, 5.74) is 1.45. The largest absolute Gasteiger partial charge is 0.442 e. The van der Waals surface area contributed by atoms with E-state index in [2.05, 4.69) is 10.8 Å². The maximum atomic E-state index is 11.5. The van der Waals surface area contributed by atoms with Gasteiger partial charge in [0.2, 0.25) is 5.91 Å². The van der Waals surface area contributed by atoms with Crippen LogP contribution < -0.4 is 10.8 Å². The van der Waals surface area contributed by atoms with Crippen LogP contribution in [0.1, 0.15) is 20.8 Å². The lowest BCUT2D eigenvalue weighted by Crippen LogP contribution is -2.36. The van der Waals surface area contributed by atoms with E-state index in [0.717, 1.165) is 5.75 Å². The third-order valence-electron chi connectivity index (χ3n) is 2.16.